The zero-order valence-electron chi connectivity index (χ0n) is 16.3. The Hall–Kier alpha value is -2.18. The van der Waals surface area contributed by atoms with E-state index in [0.717, 1.165) is 31.9 Å². The Morgan fingerprint density at radius 2 is 1.70 bits per heavy atom. The first-order valence-electron chi connectivity index (χ1n) is 9.50. The van der Waals surface area contributed by atoms with Crippen molar-refractivity contribution in [2.75, 3.05) is 43.4 Å². The molecule has 30 heavy (non-hydrogen) atoms. The van der Waals surface area contributed by atoms with Crippen LogP contribution in [0.2, 0.25) is 15.1 Å². The van der Waals surface area contributed by atoms with Gasteiger partial charge in [-0.25, -0.2) is 0 Å². The van der Waals surface area contributed by atoms with E-state index in [1.54, 1.807) is 36.4 Å². The first-order valence-corrected chi connectivity index (χ1v) is 10.6. The van der Waals surface area contributed by atoms with Gasteiger partial charge in [-0.2, -0.15) is 0 Å². The first-order chi connectivity index (χ1) is 14.4. The van der Waals surface area contributed by atoms with E-state index in [2.05, 4.69) is 22.2 Å². The maximum absolute atomic E-state index is 12.6. The van der Waals surface area contributed by atoms with Gasteiger partial charge in [-0.1, -0.05) is 34.8 Å². The zero-order chi connectivity index (χ0) is 21.3. The topological polar surface area (TPSA) is 48.7 Å². The van der Waals surface area contributed by atoms with Crippen LogP contribution in [-0.4, -0.2) is 44.0 Å². The average molecular weight is 465 g/mol. The van der Waals surface area contributed by atoms with Crippen LogP contribution in [0.3, 0.4) is 0 Å². The predicted molar refractivity (Wildman–Crippen MR) is 123 cm³/mol. The molecule has 3 aromatic rings. The van der Waals surface area contributed by atoms with Crippen LogP contribution in [-0.2, 0) is 0 Å². The molecule has 0 radical (unpaired) electrons. The summed E-state index contributed by atoms with van der Waals surface area (Å²) in [6.07, 6.45) is 0. The van der Waals surface area contributed by atoms with Gasteiger partial charge in [0.25, 0.3) is 5.91 Å². The van der Waals surface area contributed by atoms with Crippen LogP contribution in [0.1, 0.15) is 10.6 Å². The van der Waals surface area contributed by atoms with Crippen LogP contribution in [0.25, 0.3) is 11.3 Å². The molecule has 0 aliphatic carbocycles. The maximum atomic E-state index is 12.6. The lowest BCUT2D eigenvalue weighted by Crippen LogP contribution is -2.44. The van der Waals surface area contributed by atoms with Crippen molar-refractivity contribution >= 4 is 52.1 Å². The predicted octanol–water partition coefficient (Wildman–Crippen LogP) is 5.91. The molecule has 0 atom stereocenters. The summed E-state index contributed by atoms with van der Waals surface area (Å²) in [6, 6.07) is 13.9. The summed E-state index contributed by atoms with van der Waals surface area (Å²) in [5.41, 5.74) is 2.24. The highest BCUT2D eigenvalue weighted by Gasteiger charge is 2.18. The molecule has 1 aliphatic heterocycles. The second-order valence-corrected chi connectivity index (χ2v) is 8.45. The number of furan rings is 1. The van der Waals surface area contributed by atoms with Gasteiger partial charge in [-0.3, -0.25) is 4.79 Å². The molecule has 1 N–H and O–H groups in total. The molecule has 156 valence electrons. The fraction of sp³-hybridized carbons (Fsp3) is 0.227. The molecule has 0 bridgehead atoms. The number of likely N-dealkylation sites (N-methyl/N-ethyl adjacent to an activating group) is 1. The Balaban J connectivity index is 1.46. The third-order valence-corrected chi connectivity index (χ3v) is 5.93. The van der Waals surface area contributed by atoms with Gasteiger partial charge in [-0.05, 0) is 55.6 Å². The van der Waals surface area contributed by atoms with Crippen LogP contribution < -0.4 is 10.2 Å². The molecule has 4 rings (SSSR count). The van der Waals surface area contributed by atoms with Crippen LogP contribution in [0.15, 0.2) is 52.9 Å². The van der Waals surface area contributed by atoms with E-state index >= 15 is 0 Å². The van der Waals surface area contributed by atoms with E-state index in [0.29, 0.717) is 32.1 Å². The minimum absolute atomic E-state index is 0.176. The SMILES string of the molecule is CN1CCN(c2ccc(NC(=O)c3ccc(-c4ccc(Cl)cc4Cl)o3)cc2Cl)CC1. The molecule has 1 aromatic heterocycles. The number of nitrogens with one attached hydrogen (secondary N) is 1. The van der Waals surface area contributed by atoms with Gasteiger partial charge in [0.1, 0.15) is 5.76 Å². The van der Waals surface area contributed by atoms with E-state index in [9.17, 15) is 4.79 Å². The highest BCUT2D eigenvalue weighted by atomic mass is 35.5. The van der Waals surface area contributed by atoms with Gasteiger partial charge in [-0.15, -0.1) is 0 Å². The maximum Gasteiger partial charge on any atom is 0.291 e. The van der Waals surface area contributed by atoms with Crippen molar-refractivity contribution in [2.45, 2.75) is 0 Å². The summed E-state index contributed by atoms with van der Waals surface area (Å²) >= 11 is 18.6. The summed E-state index contributed by atoms with van der Waals surface area (Å²) < 4.78 is 5.70. The number of amides is 1. The Morgan fingerprint density at radius 3 is 2.40 bits per heavy atom. The van der Waals surface area contributed by atoms with Crippen molar-refractivity contribution in [1.82, 2.24) is 4.90 Å². The summed E-state index contributed by atoms with van der Waals surface area (Å²) in [6.45, 7) is 3.83. The number of hydrogen-bond donors (Lipinski definition) is 1. The van der Waals surface area contributed by atoms with Crippen molar-refractivity contribution in [3.05, 3.63) is 69.4 Å². The minimum Gasteiger partial charge on any atom is -0.451 e. The second kappa shape index (κ2) is 8.90. The number of hydrogen-bond acceptors (Lipinski definition) is 4. The zero-order valence-corrected chi connectivity index (χ0v) is 18.6. The Bertz CT molecular complexity index is 1080. The molecule has 2 aromatic carbocycles. The van der Waals surface area contributed by atoms with E-state index in [1.165, 1.54) is 0 Å². The van der Waals surface area contributed by atoms with Gasteiger partial charge >= 0.3 is 0 Å². The standard InChI is InChI=1S/C22H20Cl3N3O2/c1-27-8-10-28(11-9-27)19-5-3-15(13-18(19)25)26-22(29)21-7-6-20(30-21)16-4-2-14(23)12-17(16)24/h2-7,12-13H,8-11H2,1H3,(H,26,29). The van der Waals surface area contributed by atoms with E-state index in [1.807, 2.05) is 12.1 Å². The third kappa shape index (κ3) is 4.60. The highest BCUT2D eigenvalue weighted by Crippen LogP contribution is 2.32. The van der Waals surface area contributed by atoms with Crippen LogP contribution in [0, 0.1) is 0 Å². The van der Waals surface area contributed by atoms with Crippen LogP contribution in [0.5, 0.6) is 0 Å². The van der Waals surface area contributed by atoms with Crippen molar-refractivity contribution in [1.29, 1.82) is 0 Å². The smallest absolute Gasteiger partial charge is 0.291 e. The van der Waals surface area contributed by atoms with Crippen molar-refractivity contribution < 1.29 is 9.21 Å². The number of benzene rings is 2. The van der Waals surface area contributed by atoms with Gasteiger partial charge in [0.05, 0.1) is 15.7 Å². The molecule has 1 aliphatic rings. The second-order valence-electron chi connectivity index (χ2n) is 7.20. The van der Waals surface area contributed by atoms with Crippen LogP contribution in [0.4, 0.5) is 11.4 Å². The van der Waals surface area contributed by atoms with Crippen LogP contribution >= 0.6 is 34.8 Å². The molecule has 5 nitrogen and oxygen atoms in total. The van der Waals surface area contributed by atoms with E-state index in [-0.39, 0.29) is 11.7 Å². The van der Waals surface area contributed by atoms with E-state index in [4.69, 9.17) is 39.2 Å². The number of rotatable bonds is 4. The minimum atomic E-state index is -0.366. The normalized spacial score (nSPS) is 14.7. The molecular formula is C22H20Cl3N3O2. The quantitative estimate of drug-likeness (QED) is 0.521. The number of anilines is 2. The molecule has 0 saturated carbocycles. The van der Waals surface area contributed by atoms with Gasteiger partial charge in [0, 0.05) is 42.5 Å². The van der Waals surface area contributed by atoms with Gasteiger partial charge < -0.3 is 19.5 Å². The largest absolute Gasteiger partial charge is 0.451 e. The Labute approximate surface area is 190 Å². The fourth-order valence-corrected chi connectivity index (χ4v) is 4.18. The summed E-state index contributed by atoms with van der Waals surface area (Å²) in [4.78, 5) is 17.2. The number of piperazine rings is 1. The number of nitrogens with zero attached hydrogens (tertiary/aromatic N) is 2. The molecular weight excluding hydrogens is 445 g/mol. The molecule has 1 saturated heterocycles. The first kappa shape index (κ1) is 21.1. The lowest BCUT2D eigenvalue weighted by Gasteiger charge is -2.34. The molecule has 1 amide bonds. The average Bonchev–Trinajstić information content (AvgIpc) is 3.19. The van der Waals surface area contributed by atoms with Crippen molar-refractivity contribution in [3.63, 3.8) is 0 Å². The van der Waals surface area contributed by atoms with E-state index < -0.39 is 0 Å². The highest BCUT2D eigenvalue weighted by molar-refractivity contribution is 6.36. The summed E-state index contributed by atoms with van der Waals surface area (Å²) in [5, 5.41) is 4.42. The molecule has 2 heterocycles. The summed E-state index contributed by atoms with van der Waals surface area (Å²) in [7, 11) is 2.11. The molecule has 1 fully saturated rings. The van der Waals surface area contributed by atoms with Gasteiger partial charge in [0.2, 0.25) is 0 Å². The number of carbonyl (C=O) groups is 1. The Morgan fingerprint density at radius 1 is 0.933 bits per heavy atom. The summed E-state index contributed by atoms with van der Waals surface area (Å²) in [5.74, 6) is 0.301. The lowest BCUT2D eigenvalue weighted by atomic mass is 10.2. The van der Waals surface area contributed by atoms with Crippen molar-refractivity contribution in [3.8, 4) is 11.3 Å². The van der Waals surface area contributed by atoms with Gasteiger partial charge in [0.15, 0.2) is 5.76 Å². The molecule has 0 spiro atoms. The van der Waals surface area contributed by atoms with Crippen molar-refractivity contribution in [2.24, 2.45) is 0 Å². The third-order valence-electron chi connectivity index (χ3n) is 5.08. The Kier molecular flexibility index (Phi) is 6.25. The lowest BCUT2D eigenvalue weighted by molar-refractivity contribution is 0.0997. The molecule has 0 unspecified atom stereocenters. The number of carbonyl (C=O) groups excluding carboxylic acids is 1. The number of halogens is 3. The molecule has 8 heteroatoms. The fourth-order valence-electron chi connectivity index (χ4n) is 3.38. The monoisotopic (exact) mass is 463 g/mol.